The average Bonchev–Trinajstić information content (AvgIpc) is 3.60. The van der Waals surface area contributed by atoms with Gasteiger partial charge < -0.3 is 36.1 Å². The van der Waals surface area contributed by atoms with Gasteiger partial charge in [0.15, 0.2) is 6.29 Å². The van der Waals surface area contributed by atoms with Gasteiger partial charge in [-0.1, -0.05) is 97.8 Å². The Morgan fingerprint density at radius 1 is 0.811 bits per heavy atom. The molecule has 0 radical (unpaired) electrons. The summed E-state index contributed by atoms with van der Waals surface area (Å²) in [6, 6.07) is 31.4. The number of carbonyl (C=O) groups is 2. The number of aliphatic hydroxyl groups excluding tert-OH is 2. The van der Waals surface area contributed by atoms with Crippen LogP contribution in [0.5, 0.6) is 0 Å². The number of ether oxygens (including phenoxy) is 2. The first kappa shape index (κ1) is 38.2. The van der Waals surface area contributed by atoms with Crippen LogP contribution in [0.15, 0.2) is 97.1 Å². The van der Waals surface area contributed by atoms with Gasteiger partial charge in [0.1, 0.15) is 0 Å². The third-order valence-corrected chi connectivity index (χ3v) is 10.1. The maximum absolute atomic E-state index is 12.7. The maximum atomic E-state index is 12.7. The summed E-state index contributed by atoms with van der Waals surface area (Å²) in [4.78, 5) is 27.2. The van der Waals surface area contributed by atoms with E-state index in [1.165, 1.54) is 0 Å². The number of para-hydroxylation sites is 2. The first-order valence-electron chi connectivity index (χ1n) is 18.8. The molecule has 10 nitrogen and oxygen atoms in total. The summed E-state index contributed by atoms with van der Waals surface area (Å²) in [5.41, 5.74) is 13.0. The number of amides is 2. The summed E-state index contributed by atoms with van der Waals surface area (Å²) in [6.07, 6.45) is 4.53. The summed E-state index contributed by atoms with van der Waals surface area (Å²) in [6.45, 7) is 2.66. The first-order valence-corrected chi connectivity index (χ1v) is 18.8. The number of rotatable bonds is 16. The zero-order chi connectivity index (χ0) is 37.0. The highest BCUT2D eigenvalue weighted by Crippen LogP contribution is 2.39. The third-order valence-electron chi connectivity index (χ3n) is 10.1. The number of nitrogens with two attached hydrogens (primary N) is 1. The van der Waals surface area contributed by atoms with Crippen LogP contribution in [0.2, 0.25) is 0 Å². The largest absolute Gasteiger partial charge is 0.397 e. The molecule has 0 bridgehead atoms. The Bertz CT molecular complexity index is 1780. The van der Waals surface area contributed by atoms with E-state index in [0.717, 1.165) is 78.6 Å². The number of nitrogens with one attached hydrogen (secondary N) is 2. The molecular weight excluding hydrogens is 668 g/mol. The van der Waals surface area contributed by atoms with Gasteiger partial charge in [0, 0.05) is 51.0 Å². The van der Waals surface area contributed by atoms with Crippen molar-refractivity contribution >= 4 is 23.2 Å². The zero-order valence-corrected chi connectivity index (χ0v) is 30.3. The van der Waals surface area contributed by atoms with Gasteiger partial charge in [-0.25, -0.2) is 0 Å². The predicted octanol–water partition coefficient (Wildman–Crippen LogP) is 6.64. The van der Waals surface area contributed by atoms with Crippen LogP contribution in [-0.4, -0.2) is 58.8 Å². The summed E-state index contributed by atoms with van der Waals surface area (Å²) in [5.74, 6) is -0.0406. The Labute approximate surface area is 312 Å². The second kappa shape index (κ2) is 19.0. The highest BCUT2D eigenvalue weighted by atomic mass is 16.7. The van der Waals surface area contributed by atoms with Crippen LogP contribution in [-0.2, 0) is 32.2 Å². The van der Waals surface area contributed by atoms with Gasteiger partial charge in [0.2, 0.25) is 11.8 Å². The monoisotopic (exact) mass is 720 g/mol. The second-order valence-corrected chi connectivity index (χ2v) is 14.2. The molecular formula is C43H52N4O6. The molecule has 2 aliphatic rings. The minimum atomic E-state index is -0.557. The van der Waals surface area contributed by atoms with E-state index in [4.69, 9.17) is 15.2 Å². The van der Waals surface area contributed by atoms with Crippen molar-refractivity contribution in [3.8, 4) is 11.1 Å². The van der Waals surface area contributed by atoms with Crippen molar-refractivity contribution in [1.29, 1.82) is 0 Å². The minimum Gasteiger partial charge on any atom is -0.397 e. The Hall–Kier alpha value is -4.58. The van der Waals surface area contributed by atoms with Crippen molar-refractivity contribution in [1.82, 2.24) is 10.2 Å². The molecule has 2 heterocycles. The Morgan fingerprint density at radius 3 is 2.23 bits per heavy atom. The fourth-order valence-corrected chi connectivity index (χ4v) is 7.11. The number of nitrogen functional groups attached to an aromatic ring is 1. The normalized spacial score (nSPS) is 20.3. The van der Waals surface area contributed by atoms with Crippen molar-refractivity contribution in [2.75, 3.05) is 30.7 Å². The van der Waals surface area contributed by atoms with E-state index in [0.29, 0.717) is 43.7 Å². The van der Waals surface area contributed by atoms with Crippen molar-refractivity contribution in [2.45, 2.75) is 89.1 Å². The second-order valence-electron chi connectivity index (χ2n) is 14.2. The number of anilines is 2. The summed E-state index contributed by atoms with van der Waals surface area (Å²) in [5, 5.41) is 25.6. The van der Waals surface area contributed by atoms with Crippen LogP contribution in [0, 0.1) is 0 Å². The number of benzene rings is 4. The summed E-state index contributed by atoms with van der Waals surface area (Å²) >= 11 is 0. The van der Waals surface area contributed by atoms with Crippen molar-refractivity contribution < 1.29 is 29.3 Å². The van der Waals surface area contributed by atoms with Gasteiger partial charge in [-0.2, -0.15) is 0 Å². The quantitative estimate of drug-likeness (QED) is 0.0640. The van der Waals surface area contributed by atoms with Crippen molar-refractivity contribution in [2.24, 2.45) is 0 Å². The average molecular weight is 721 g/mol. The molecule has 280 valence electrons. The van der Waals surface area contributed by atoms with Crippen molar-refractivity contribution in [3.05, 3.63) is 119 Å². The van der Waals surface area contributed by atoms with E-state index in [1.54, 1.807) is 12.1 Å². The molecule has 4 atom stereocenters. The molecule has 0 aliphatic carbocycles. The number of β-amino-alcohol motifs (C(OH)–C–C–N with tert-alkyl or cyclic N) is 1. The summed E-state index contributed by atoms with van der Waals surface area (Å²) in [7, 11) is 0. The van der Waals surface area contributed by atoms with Crippen LogP contribution >= 0.6 is 0 Å². The molecule has 0 spiro atoms. The number of likely N-dealkylation sites (tertiary alicyclic amines) is 1. The maximum Gasteiger partial charge on any atom is 0.224 e. The molecule has 4 unspecified atom stereocenters. The molecule has 0 aromatic heterocycles. The standard InChI is InChI=1S/C43H52N4O6/c44-38-11-7-8-12-39(38)46-42(51)14-4-2-1-3-13-41(50)45-26-34-9-5-6-10-37(34)31-19-21-33(22-20-31)43-52-36(28-47-24-23-35(49)27-47)25-40(53-43)32-17-15-30(29-48)16-18-32/h5-12,15-22,35-36,40,43,48-49H,1-4,13-14,23-29,44H2,(H,45,50)(H,46,51). The topological polar surface area (TPSA) is 146 Å². The number of nitrogens with zero attached hydrogens (tertiary/aromatic N) is 1. The van der Waals surface area contributed by atoms with Crippen LogP contribution in [0.25, 0.3) is 11.1 Å². The van der Waals surface area contributed by atoms with Gasteiger partial charge >= 0.3 is 0 Å². The fraction of sp³-hybridized carbons (Fsp3) is 0.395. The first-order chi connectivity index (χ1) is 25.8. The predicted molar refractivity (Wildman–Crippen MR) is 206 cm³/mol. The molecule has 0 saturated carbocycles. The Kier molecular flexibility index (Phi) is 13.6. The SMILES string of the molecule is Nc1ccccc1NC(=O)CCCCCCC(=O)NCc1ccccc1-c1ccc(C2OC(CN3CCC(O)C3)CC(c3ccc(CO)cc3)O2)cc1. The number of carbonyl (C=O) groups excluding carboxylic acids is 2. The molecule has 4 aromatic carbocycles. The highest BCUT2D eigenvalue weighted by molar-refractivity contribution is 5.93. The zero-order valence-electron chi connectivity index (χ0n) is 30.3. The van der Waals surface area contributed by atoms with Crippen LogP contribution in [0.1, 0.15) is 86.0 Å². The lowest BCUT2D eigenvalue weighted by Gasteiger charge is -2.38. The fourth-order valence-electron chi connectivity index (χ4n) is 7.11. The Morgan fingerprint density at radius 2 is 1.51 bits per heavy atom. The van der Waals surface area contributed by atoms with Crippen LogP contribution in [0.4, 0.5) is 11.4 Å². The van der Waals surface area contributed by atoms with E-state index in [1.807, 2.05) is 66.7 Å². The molecule has 6 rings (SSSR count). The van der Waals surface area contributed by atoms with E-state index in [9.17, 15) is 19.8 Å². The van der Waals surface area contributed by atoms with Crippen LogP contribution in [0.3, 0.4) is 0 Å². The summed E-state index contributed by atoms with van der Waals surface area (Å²) < 4.78 is 13.1. The van der Waals surface area contributed by atoms with Crippen molar-refractivity contribution in [3.63, 3.8) is 0 Å². The van der Waals surface area contributed by atoms with E-state index < -0.39 is 6.29 Å². The van der Waals surface area contributed by atoms with Crippen LogP contribution < -0.4 is 16.4 Å². The molecule has 2 fully saturated rings. The lowest BCUT2D eigenvalue weighted by Crippen LogP contribution is -2.38. The minimum absolute atomic E-state index is 0.00372. The molecule has 2 amide bonds. The Balaban J connectivity index is 0.996. The number of hydrogen-bond acceptors (Lipinski definition) is 8. The lowest BCUT2D eigenvalue weighted by molar-refractivity contribution is -0.252. The van der Waals surface area contributed by atoms with Gasteiger partial charge in [0.05, 0.1) is 36.3 Å². The number of unbranched alkanes of at least 4 members (excludes halogenated alkanes) is 3. The molecule has 6 N–H and O–H groups in total. The molecule has 2 aliphatic heterocycles. The number of aliphatic hydroxyl groups is 2. The van der Waals surface area contributed by atoms with Gasteiger partial charge in [0.25, 0.3) is 0 Å². The molecule has 4 aromatic rings. The molecule has 2 saturated heterocycles. The molecule has 53 heavy (non-hydrogen) atoms. The molecule has 10 heteroatoms. The van der Waals surface area contributed by atoms with E-state index >= 15 is 0 Å². The smallest absolute Gasteiger partial charge is 0.224 e. The number of hydrogen-bond donors (Lipinski definition) is 5. The lowest BCUT2D eigenvalue weighted by atomic mass is 9.97. The highest BCUT2D eigenvalue weighted by Gasteiger charge is 2.34. The van der Waals surface area contributed by atoms with E-state index in [2.05, 4.69) is 33.7 Å². The van der Waals surface area contributed by atoms with Gasteiger partial charge in [-0.05, 0) is 59.2 Å². The third kappa shape index (κ3) is 11.0. The van der Waals surface area contributed by atoms with Gasteiger partial charge in [-0.3, -0.25) is 14.5 Å². The van der Waals surface area contributed by atoms with E-state index in [-0.39, 0.29) is 36.7 Å². The van der Waals surface area contributed by atoms with Gasteiger partial charge in [-0.15, -0.1) is 0 Å².